The van der Waals surface area contributed by atoms with Crippen LogP contribution < -0.4 is 16.6 Å². The van der Waals surface area contributed by atoms with Crippen LogP contribution in [0.15, 0.2) is 15.8 Å². The molecular formula is C11H15N3O4. The third kappa shape index (κ3) is 2.67. The zero-order valence-electron chi connectivity index (χ0n) is 9.78. The molecule has 1 aromatic rings. The highest BCUT2D eigenvalue weighted by Crippen LogP contribution is 2.28. The molecule has 0 atom stereocenters. The molecule has 0 radical (unpaired) electrons. The van der Waals surface area contributed by atoms with Gasteiger partial charge in [-0.05, 0) is 12.8 Å². The summed E-state index contributed by atoms with van der Waals surface area (Å²) in [4.78, 5) is 38.1. The molecule has 4 N–H and O–H groups in total. The Labute approximate surface area is 102 Å². The second kappa shape index (κ2) is 4.77. The Kier molecular flexibility index (Phi) is 3.33. The predicted octanol–water partition coefficient (Wildman–Crippen LogP) is -0.902. The first-order valence-electron chi connectivity index (χ1n) is 5.83. The van der Waals surface area contributed by atoms with Crippen molar-refractivity contribution in [1.29, 1.82) is 0 Å². The molecule has 7 nitrogen and oxygen atoms in total. The molecule has 0 unspecified atom stereocenters. The minimum Gasteiger partial charge on any atom is -0.388 e. The summed E-state index contributed by atoms with van der Waals surface area (Å²) in [6.45, 7) is 0.115. The Hall–Kier alpha value is -1.89. The SMILES string of the molecule is O=C(NCC1(O)CCCC1)c1c[nH]c(=O)[nH]c1=O. The maximum absolute atomic E-state index is 11.7. The molecule has 0 bridgehead atoms. The van der Waals surface area contributed by atoms with E-state index in [1.165, 1.54) is 0 Å². The molecular weight excluding hydrogens is 238 g/mol. The van der Waals surface area contributed by atoms with Gasteiger partial charge in [0.1, 0.15) is 5.56 Å². The van der Waals surface area contributed by atoms with Crippen LogP contribution in [0.3, 0.4) is 0 Å². The maximum atomic E-state index is 11.7. The number of nitrogens with one attached hydrogen (secondary N) is 3. The van der Waals surface area contributed by atoms with Crippen molar-refractivity contribution in [2.45, 2.75) is 31.3 Å². The van der Waals surface area contributed by atoms with Crippen molar-refractivity contribution in [2.24, 2.45) is 0 Å². The van der Waals surface area contributed by atoms with Crippen LogP contribution in [-0.2, 0) is 0 Å². The average molecular weight is 253 g/mol. The minimum atomic E-state index is -0.870. The first kappa shape index (κ1) is 12.6. The Morgan fingerprint density at radius 1 is 1.39 bits per heavy atom. The van der Waals surface area contributed by atoms with E-state index >= 15 is 0 Å². The van der Waals surface area contributed by atoms with Gasteiger partial charge in [-0.3, -0.25) is 14.6 Å². The Bertz CT molecular complexity index is 554. The number of aromatic nitrogens is 2. The van der Waals surface area contributed by atoms with E-state index in [0.717, 1.165) is 19.0 Å². The van der Waals surface area contributed by atoms with Gasteiger partial charge in [0.2, 0.25) is 0 Å². The Balaban J connectivity index is 2.04. The highest BCUT2D eigenvalue weighted by Gasteiger charge is 2.31. The summed E-state index contributed by atoms with van der Waals surface area (Å²) in [5, 5.41) is 12.6. The van der Waals surface area contributed by atoms with Crippen LogP contribution >= 0.6 is 0 Å². The van der Waals surface area contributed by atoms with Gasteiger partial charge in [-0.15, -0.1) is 0 Å². The topological polar surface area (TPSA) is 115 Å². The number of hydrogen-bond acceptors (Lipinski definition) is 4. The summed E-state index contributed by atoms with van der Waals surface area (Å²) in [7, 11) is 0. The molecule has 0 aliphatic heterocycles. The zero-order chi connectivity index (χ0) is 13.2. The number of hydrogen-bond donors (Lipinski definition) is 4. The van der Waals surface area contributed by atoms with E-state index in [2.05, 4.69) is 10.3 Å². The number of H-pyrrole nitrogens is 2. The van der Waals surface area contributed by atoms with Crippen LogP contribution in [0.25, 0.3) is 0 Å². The highest BCUT2D eigenvalue weighted by atomic mass is 16.3. The first-order valence-corrected chi connectivity index (χ1v) is 5.83. The third-order valence-corrected chi connectivity index (χ3v) is 3.18. The van der Waals surface area contributed by atoms with Crippen LogP contribution in [0, 0.1) is 0 Å². The molecule has 1 aliphatic carbocycles. The van der Waals surface area contributed by atoms with Crippen LogP contribution in [0.4, 0.5) is 0 Å². The summed E-state index contributed by atoms with van der Waals surface area (Å²) in [6, 6.07) is 0. The summed E-state index contributed by atoms with van der Waals surface area (Å²) in [6.07, 6.45) is 4.23. The molecule has 1 aromatic heterocycles. The molecule has 2 rings (SSSR count). The molecule has 0 aromatic carbocycles. The number of carbonyl (C=O) groups is 1. The van der Waals surface area contributed by atoms with Gasteiger partial charge in [0.15, 0.2) is 0 Å². The second-order valence-electron chi connectivity index (χ2n) is 4.60. The van der Waals surface area contributed by atoms with Crippen molar-refractivity contribution in [1.82, 2.24) is 15.3 Å². The number of rotatable bonds is 3. The zero-order valence-corrected chi connectivity index (χ0v) is 9.78. The molecule has 98 valence electrons. The van der Waals surface area contributed by atoms with Gasteiger partial charge in [-0.2, -0.15) is 0 Å². The third-order valence-electron chi connectivity index (χ3n) is 3.18. The lowest BCUT2D eigenvalue weighted by molar-refractivity contribution is 0.0449. The molecule has 0 spiro atoms. The van der Waals surface area contributed by atoms with E-state index in [9.17, 15) is 19.5 Å². The van der Waals surface area contributed by atoms with Crippen molar-refractivity contribution in [3.05, 3.63) is 32.6 Å². The number of amides is 1. The van der Waals surface area contributed by atoms with Gasteiger partial charge in [0.25, 0.3) is 11.5 Å². The van der Waals surface area contributed by atoms with Crippen molar-refractivity contribution >= 4 is 5.91 Å². The monoisotopic (exact) mass is 253 g/mol. The van der Waals surface area contributed by atoms with E-state index in [0.29, 0.717) is 12.8 Å². The first-order chi connectivity index (χ1) is 8.50. The quantitative estimate of drug-likeness (QED) is 0.558. The fraction of sp³-hybridized carbons (Fsp3) is 0.545. The van der Waals surface area contributed by atoms with Gasteiger partial charge in [0, 0.05) is 12.7 Å². The molecule has 7 heteroatoms. The van der Waals surface area contributed by atoms with Crippen LogP contribution in [-0.4, -0.2) is 33.1 Å². The molecule has 1 aliphatic rings. The average Bonchev–Trinajstić information content (AvgIpc) is 2.74. The van der Waals surface area contributed by atoms with Gasteiger partial charge >= 0.3 is 5.69 Å². The lowest BCUT2D eigenvalue weighted by Crippen LogP contribution is -2.42. The molecule has 0 saturated heterocycles. The highest BCUT2D eigenvalue weighted by molar-refractivity contribution is 5.93. The number of carbonyl (C=O) groups excluding carboxylic acids is 1. The van der Waals surface area contributed by atoms with Crippen LogP contribution in [0.1, 0.15) is 36.0 Å². The van der Waals surface area contributed by atoms with E-state index in [1.54, 1.807) is 0 Å². The second-order valence-corrected chi connectivity index (χ2v) is 4.60. The fourth-order valence-corrected chi connectivity index (χ4v) is 2.13. The standard InChI is InChI=1S/C11H15N3O4/c15-8(7-5-12-10(17)14-9(7)16)13-6-11(18)3-1-2-4-11/h5,18H,1-4,6H2,(H,13,15)(H2,12,14,16,17). The van der Waals surface area contributed by atoms with Gasteiger partial charge < -0.3 is 15.4 Å². The smallest absolute Gasteiger partial charge is 0.325 e. The largest absolute Gasteiger partial charge is 0.388 e. The predicted molar refractivity (Wildman–Crippen MR) is 63.4 cm³/mol. The van der Waals surface area contributed by atoms with E-state index < -0.39 is 22.8 Å². The van der Waals surface area contributed by atoms with Gasteiger partial charge in [-0.25, -0.2) is 4.79 Å². The molecule has 1 amide bonds. The summed E-state index contributed by atoms with van der Waals surface area (Å²) < 4.78 is 0. The normalized spacial score (nSPS) is 17.6. The van der Waals surface area contributed by atoms with Crippen molar-refractivity contribution in [3.63, 3.8) is 0 Å². The molecule has 18 heavy (non-hydrogen) atoms. The lowest BCUT2D eigenvalue weighted by atomic mass is 10.0. The van der Waals surface area contributed by atoms with Crippen molar-refractivity contribution in [3.8, 4) is 0 Å². The number of aromatic amines is 2. The van der Waals surface area contributed by atoms with Crippen LogP contribution in [0.2, 0.25) is 0 Å². The summed E-state index contributed by atoms with van der Waals surface area (Å²) in [5.41, 5.74) is -2.44. The fourth-order valence-electron chi connectivity index (χ4n) is 2.13. The molecule has 1 fully saturated rings. The minimum absolute atomic E-state index is 0.115. The van der Waals surface area contributed by atoms with E-state index in [1.807, 2.05) is 4.98 Å². The van der Waals surface area contributed by atoms with Crippen molar-refractivity contribution in [2.75, 3.05) is 6.54 Å². The lowest BCUT2D eigenvalue weighted by Gasteiger charge is -2.22. The van der Waals surface area contributed by atoms with Gasteiger partial charge in [-0.1, -0.05) is 12.8 Å². The molecule has 1 heterocycles. The van der Waals surface area contributed by atoms with Crippen molar-refractivity contribution < 1.29 is 9.90 Å². The Morgan fingerprint density at radius 3 is 2.67 bits per heavy atom. The summed E-state index contributed by atoms with van der Waals surface area (Å²) in [5.74, 6) is -0.604. The number of aliphatic hydroxyl groups is 1. The van der Waals surface area contributed by atoms with Crippen LogP contribution in [0.5, 0.6) is 0 Å². The Morgan fingerprint density at radius 2 is 2.06 bits per heavy atom. The van der Waals surface area contributed by atoms with Gasteiger partial charge in [0.05, 0.1) is 5.60 Å². The van der Waals surface area contributed by atoms with E-state index in [-0.39, 0.29) is 12.1 Å². The summed E-state index contributed by atoms with van der Waals surface area (Å²) >= 11 is 0. The van der Waals surface area contributed by atoms with E-state index in [4.69, 9.17) is 0 Å². The maximum Gasteiger partial charge on any atom is 0.325 e. The molecule has 1 saturated carbocycles.